The number of nitrogens with one attached hydrogen (secondary N) is 2. The SMILES string of the molecule is CCOCCNC(=O)[C@H]1CC(=O)Nc2ccc(OC)cc21. The molecule has 0 spiro atoms. The van der Waals surface area contributed by atoms with E-state index in [1.165, 1.54) is 0 Å². The monoisotopic (exact) mass is 292 g/mol. The second kappa shape index (κ2) is 7.08. The molecule has 0 fully saturated rings. The predicted molar refractivity (Wildman–Crippen MR) is 78.5 cm³/mol. The fourth-order valence-electron chi connectivity index (χ4n) is 2.31. The Morgan fingerprint density at radius 2 is 2.29 bits per heavy atom. The zero-order valence-electron chi connectivity index (χ0n) is 12.3. The third-order valence-electron chi connectivity index (χ3n) is 3.36. The lowest BCUT2D eigenvalue weighted by atomic mass is 9.89. The first-order valence-electron chi connectivity index (χ1n) is 6.99. The van der Waals surface area contributed by atoms with Gasteiger partial charge in [0.25, 0.3) is 0 Å². The number of carbonyl (C=O) groups is 2. The van der Waals surface area contributed by atoms with Crippen molar-refractivity contribution in [1.29, 1.82) is 0 Å². The third-order valence-corrected chi connectivity index (χ3v) is 3.36. The van der Waals surface area contributed by atoms with Gasteiger partial charge in [0.15, 0.2) is 0 Å². The first-order chi connectivity index (χ1) is 10.2. The highest BCUT2D eigenvalue weighted by Gasteiger charge is 2.30. The smallest absolute Gasteiger partial charge is 0.228 e. The minimum atomic E-state index is -0.495. The van der Waals surface area contributed by atoms with Crippen LogP contribution in [0, 0.1) is 0 Å². The molecule has 21 heavy (non-hydrogen) atoms. The van der Waals surface area contributed by atoms with E-state index in [0.717, 1.165) is 5.56 Å². The average molecular weight is 292 g/mol. The molecule has 1 aliphatic heterocycles. The molecule has 6 heteroatoms. The Hall–Kier alpha value is -2.08. The Labute approximate surface area is 123 Å². The van der Waals surface area contributed by atoms with Crippen LogP contribution in [0.5, 0.6) is 5.75 Å². The van der Waals surface area contributed by atoms with Gasteiger partial charge in [0.2, 0.25) is 11.8 Å². The number of methoxy groups -OCH3 is 1. The second-order valence-corrected chi connectivity index (χ2v) is 4.75. The second-order valence-electron chi connectivity index (χ2n) is 4.75. The zero-order chi connectivity index (χ0) is 15.2. The molecule has 1 atom stereocenters. The predicted octanol–water partition coefficient (Wildman–Crippen LogP) is 1.27. The summed E-state index contributed by atoms with van der Waals surface area (Å²) in [5.74, 6) is -0.154. The van der Waals surface area contributed by atoms with Gasteiger partial charge in [0.05, 0.1) is 19.6 Å². The van der Waals surface area contributed by atoms with E-state index < -0.39 is 5.92 Å². The summed E-state index contributed by atoms with van der Waals surface area (Å²) >= 11 is 0. The van der Waals surface area contributed by atoms with Crippen LogP contribution in [0.25, 0.3) is 0 Å². The molecule has 6 nitrogen and oxygen atoms in total. The van der Waals surface area contributed by atoms with E-state index in [1.807, 2.05) is 6.92 Å². The quantitative estimate of drug-likeness (QED) is 0.774. The number of ether oxygens (including phenoxy) is 2. The van der Waals surface area contributed by atoms with Gasteiger partial charge in [-0.3, -0.25) is 9.59 Å². The number of hydrogen-bond donors (Lipinski definition) is 2. The third kappa shape index (κ3) is 3.72. The van der Waals surface area contributed by atoms with E-state index in [0.29, 0.717) is 31.2 Å². The molecule has 1 heterocycles. The van der Waals surface area contributed by atoms with Gasteiger partial charge in [0.1, 0.15) is 5.75 Å². The molecule has 2 amide bonds. The van der Waals surface area contributed by atoms with E-state index in [-0.39, 0.29) is 18.2 Å². The highest BCUT2D eigenvalue weighted by molar-refractivity contribution is 6.01. The van der Waals surface area contributed by atoms with E-state index >= 15 is 0 Å². The number of hydrogen-bond acceptors (Lipinski definition) is 4. The molecule has 0 aliphatic carbocycles. The molecule has 2 rings (SSSR count). The number of carbonyl (C=O) groups excluding carboxylic acids is 2. The summed E-state index contributed by atoms with van der Waals surface area (Å²) in [6.45, 7) is 3.41. The van der Waals surface area contributed by atoms with Crippen LogP contribution in [0.15, 0.2) is 18.2 Å². The number of fused-ring (bicyclic) bond motifs is 1. The summed E-state index contributed by atoms with van der Waals surface area (Å²) in [6, 6.07) is 5.31. The Morgan fingerprint density at radius 3 is 3.00 bits per heavy atom. The van der Waals surface area contributed by atoms with Crippen molar-refractivity contribution in [2.75, 3.05) is 32.2 Å². The van der Waals surface area contributed by atoms with Crippen molar-refractivity contribution in [3.63, 3.8) is 0 Å². The first-order valence-corrected chi connectivity index (χ1v) is 6.99. The van der Waals surface area contributed by atoms with E-state index in [9.17, 15) is 9.59 Å². The van der Waals surface area contributed by atoms with Crippen LogP contribution in [0.2, 0.25) is 0 Å². The van der Waals surface area contributed by atoms with Gasteiger partial charge in [-0.1, -0.05) is 0 Å². The van der Waals surface area contributed by atoms with Gasteiger partial charge in [-0.05, 0) is 30.7 Å². The molecule has 0 bridgehead atoms. The molecule has 0 aromatic heterocycles. The van der Waals surface area contributed by atoms with Crippen molar-refractivity contribution in [1.82, 2.24) is 5.32 Å². The molecule has 1 aromatic carbocycles. The number of amides is 2. The molecule has 2 N–H and O–H groups in total. The molecular formula is C15H20N2O4. The standard InChI is InChI=1S/C15H20N2O4/c1-3-21-7-6-16-15(19)12-9-14(18)17-13-5-4-10(20-2)8-11(12)13/h4-5,8,12H,3,6-7,9H2,1-2H3,(H,16,19)(H,17,18)/t12-/m0/s1. The topological polar surface area (TPSA) is 76.7 Å². The highest BCUT2D eigenvalue weighted by atomic mass is 16.5. The lowest BCUT2D eigenvalue weighted by molar-refractivity contribution is -0.126. The van der Waals surface area contributed by atoms with Crippen LogP contribution in [0.4, 0.5) is 5.69 Å². The van der Waals surface area contributed by atoms with Crippen LogP contribution in [-0.2, 0) is 14.3 Å². The molecule has 0 unspecified atom stereocenters. The van der Waals surface area contributed by atoms with Crippen molar-refractivity contribution in [3.05, 3.63) is 23.8 Å². The summed E-state index contributed by atoms with van der Waals surface area (Å²) in [5, 5.41) is 5.57. The molecule has 0 radical (unpaired) electrons. The Balaban J connectivity index is 2.12. The fourth-order valence-corrected chi connectivity index (χ4v) is 2.31. The summed E-state index contributed by atoms with van der Waals surface area (Å²) in [5.41, 5.74) is 1.44. The normalized spacial score (nSPS) is 16.9. The average Bonchev–Trinajstić information content (AvgIpc) is 2.50. The summed E-state index contributed by atoms with van der Waals surface area (Å²) in [4.78, 5) is 24.0. The lowest BCUT2D eigenvalue weighted by Gasteiger charge is -2.25. The Kier molecular flexibility index (Phi) is 5.16. The minimum Gasteiger partial charge on any atom is -0.497 e. The summed E-state index contributed by atoms with van der Waals surface area (Å²) < 4.78 is 10.4. The van der Waals surface area contributed by atoms with Crippen molar-refractivity contribution in [2.24, 2.45) is 0 Å². The van der Waals surface area contributed by atoms with Crippen LogP contribution in [0.1, 0.15) is 24.8 Å². The van der Waals surface area contributed by atoms with Gasteiger partial charge in [-0.25, -0.2) is 0 Å². The highest BCUT2D eigenvalue weighted by Crippen LogP contribution is 2.34. The number of benzene rings is 1. The van der Waals surface area contributed by atoms with Gasteiger partial charge < -0.3 is 20.1 Å². The largest absolute Gasteiger partial charge is 0.497 e. The van der Waals surface area contributed by atoms with Gasteiger partial charge in [0, 0.05) is 25.3 Å². The Morgan fingerprint density at radius 1 is 1.48 bits per heavy atom. The summed E-state index contributed by atoms with van der Waals surface area (Å²) in [6.07, 6.45) is 0.140. The molecule has 114 valence electrons. The van der Waals surface area contributed by atoms with Gasteiger partial charge in [-0.2, -0.15) is 0 Å². The molecule has 0 saturated carbocycles. The summed E-state index contributed by atoms with van der Waals surface area (Å²) in [7, 11) is 1.57. The first kappa shape index (κ1) is 15.3. The molecular weight excluding hydrogens is 272 g/mol. The van der Waals surface area contributed by atoms with Gasteiger partial charge in [-0.15, -0.1) is 0 Å². The maximum absolute atomic E-state index is 12.3. The van der Waals surface area contributed by atoms with Crippen LogP contribution >= 0.6 is 0 Å². The van der Waals surface area contributed by atoms with Crippen LogP contribution < -0.4 is 15.4 Å². The molecule has 1 aliphatic rings. The maximum atomic E-state index is 12.3. The molecule has 1 aromatic rings. The van der Waals surface area contributed by atoms with E-state index in [4.69, 9.17) is 9.47 Å². The number of rotatable bonds is 6. The van der Waals surface area contributed by atoms with Crippen LogP contribution in [-0.4, -0.2) is 38.7 Å². The fraction of sp³-hybridized carbons (Fsp3) is 0.467. The minimum absolute atomic E-state index is 0.140. The van der Waals surface area contributed by atoms with Crippen molar-refractivity contribution in [3.8, 4) is 5.75 Å². The van der Waals surface area contributed by atoms with Crippen molar-refractivity contribution < 1.29 is 19.1 Å². The Bertz CT molecular complexity index is 530. The zero-order valence-corrected chi connectivity index (χ0v) is 12.3. The van der Waals surface area contributed by atoms with E-state index in [1.54, 1.807) is 25.3 Å². The maximum Gasteiger partial charge on any atom is 0.228 e. The van der Waals surface area contributed by atoms with E-state index in [2.05, 4.69) is 10.6 Å². The van der Waals surface area contributed by atoms with Gasteiger partial charge >= 0.3 is 0 Å². The number of anilines is 1. The lowest BCUT2D eigenvalue weighted by Crippen LogP contribution is -2.36. The van der Waals surface area contributed by atoms with Crippen LogP contribution in [0.3, 0.4) is 0 Å². The van der Waals surface area contributed by atoms with Crippen molar-refractivity contribution in [2.45, 2.75) is 19.3 Å². The van der Waals surface area contributed by atoms with Crippen molar-refractivity contribution >= 4 is 17.5 Å². The molecule has 0 saturated heterocycles.